The first-order valence-electron chi connectivity index (χ1n) is 6.97. The van der Waals surface area contributed by atoms with Gasteiger partial charge in [0.05, 0.1) is 16.0 Å². The van der Waals surface area contributed by atoms with E-state index in [1.807, 2.05) is 0 Å². The number of hydrogen-bond acceptors (Lipinski definition) is 3. The fourth-order valence-corrected chi connectivity index (χ4v) is 2.45. The van der Waals surface area contributed by atoms with Crippen molar-refractivity contribution in [2.45, 2.75) is 6.18 Å². The van der Waals surface area contributed by atoms with Crippen LogP contribution in [-0.2, 0) is 6.18 Å². The zero-order valence-electron chi connectivity index (χ0n) is 12.4. The predicted molar refractivity (Wildman–Crippen MR) is 86.9 cm³/mol. The highest BCUT2D eigenvalue weighted by Crippen LogP contribution is 2.36. The van der Waals surface area contributed by atoms with E-state index < -0.39 is 28.1 Å². The highest BCUT2D eigenvalue weighted by atomic mass is 35.5. The van der Waals surface area contributed by atoms with E-state index in [0.29, 0.717) is 11.5 Å². The van der Waals surface area contributed by atoms with Crippen molar-refractivity contribution in [3.05, 3.63) is 75.1 Å². The normalized spacial score (nSPS) is 11.5. The van der Waals surface area contributed by atoms with E-state index in [1.165, 1.54) is 18.2 Å². The van der Waals surface area contributed by atoms with Gasteiger partial charge in [-0.2, -0.15) is 13.2 Å². The van der Waals surface area contributed by atoms with E-state index in [2.05, 4.69) is 5.32 Å². The first-order valence-corrected chi connectivity index (χ1v) is 7.34. The Balaban J connectivity index is 1.94. The molecule has 0 aliphatic carbocycles. The molecule has 0 bridgehead atoms. The molecule has 0 atom stereocenters. The van der Waals surface area contributed by atoms with Crippen molar-refractivity contribution in [3.63, 3.8) is 0 Å². The average Bonchev–Trinajstić information content (AvgIpc) is 2.55. The lowest BCUT2D eigenvalue weighted by Crippen LogP contribution is -2.15. The van der Waals surface area contributed by atoms with E-state index in [-0.39, 0.29) is 17.0 Å². The minimum absolute atomic E-state index is 0.127. The Labute approximate surface area is 143 Å². The zero-order valence-corrected chi connectivity index (χ0v) is 13.1. The summed E-state index contributed by atoms with van der Waals surface area (Å²) in [6, 6.07) is 10.3. The number of amides is 1. The summed E-state index contributed by atoms with van der Waals surface area (Å²) in [5.41, 5.74) is -1.43. The Morgan fingerprint density at radius 1 is 1.08 bits per heavy atom. The minimum Gasteiger partial charge on any atom is -0.451 e. The van der Waals surface area contributed by atoms with Gasteiger partial charge in [0, 0.05) is 11.8 Å². The molecule has 1 heterocycles. The molecule has 0 radical (unpaired) electrons. The molecule has 0 spiro atoms. The van der Waals surface area contributed by atoms with Crippen LogP contribution in [0.1, 0.15) is 16.1 Å². The van der Waals surface area contributed by atoms with Crippen LogP contribution >= 0.6 is 11.6 Å². The number of hydrogen-bond donors (Lipinski definition) is 1. The molecular weight excluding hydrogens is 359 g/mol. The van der Waals surface area contributed by atoms with Crippen LogP contribution in [0.4, 0.5) is 18.9 Å². The lowest BCUT2D eigenvalue weighted by molar-refractivity contribution is -0.137. The molecule has 1 N–H and O–H groups in total. The van der Waals surface area contributed by atoms with Crippen LogP contribution in [0.2, 0.25) is 5.02 Å². The third-order valence-corrected chi connectivity index (χ3v) is 3.72. The van der Waals surface area contributed by atoms with Crippen LogP contribution in [0.25, 0.3) is 11.0 Å². The van der Waals surface area contributed by atoms with Crippen LogP contribution in [0.15, 0.2) is 57.7 Å². The first-order chi connectivity index (χ1) is 11.8. The van der Waals surface area contributed by atoms with Crippen LogP contribution in [0.5, 0.6) is 0 Å². The number of halogens is 4. The number of nitrogens with one attached hydrogen (secondary N) is 1. The number of rotatable bonds is 2. The summed E-state index contributed by atoms with van der Waals surface area (Å²) >= 11 is 5.53. The molecule has 8 heteroatoms. The van der Waals surface area contributed by atoms with Gasteiger partial charge in [-0.25, -0.2) is 0 Å². The fourth-order valence-electron chi connectivity index (χ4n) is 2.23. The Bertz CT molecular complexity index is 1030. The highest BCUT2D eigenvalue weighted by Gasteiger charge is 2.33. The fraction of sp³-hybridized carbons (Fsp3) is 0.0588. The Morgan fingerprint density at radius 3 is 2.52 bits per heavy atom. The maximum atomic E-state index is 12.9. The van der Waals surface area contributed by atoms with Crippen molar-refractivity contribution in [3.8, 4) is 0 Å². The van der Waals surface area contributed by atoms with Gasteiger partial charge in [0.15, 0.2) is 11.2 Å². The van der Waals surface area contributed by atoms with Gasteiger partial charge < -0.3 is 9.73 Å². The standard InChI is InChI=1S/C17H9ClF3NO3/c18-12-6-5-9(7-11(12)17(19,20)21)22-16(24)15-8-13(23)10-3-1-2-4-14(10)25-15/h1-8H,(H,22,24). The van der Waals surface area contributed by atoms with Crippen LogP contribution in [0.3, 0.4) is 0 Å². The summed E-state index contributed by atoms with van der Waals surface area (Å²) in [7, 11) is 0. The summed E-state index contributed by atoms with van der Waals surface area (Å²) in [4.78, 5) is 24.2. The largest absolute Gasteiger partial charge is 0.451 e. The molecule has 3 aromatic rings. The van der Waals surface area contributed by atoms with Crippen molar-refractivity contribution in [1.82, 2.24) is 0 Å². The molecule has 25 heavy (non-hydrogen) atoms. The molecule has 0 saturated carbocycles. The molecule has 1 aromatic heterocycles. The van der Waals surface area contributed by atoms with E-state index in [1.54, 1.807) is 12.1 Å². The second-order valence-electron chi connectivity index (χ2n) is 5.12. The van der Waals surface area contributed by atoms with Crippen molar-refractivity contribution in [2.24, 2.45) is 0 Å². The van der Waals surface area contributed by atoms with Gasteiger partial charge in [0.25, 0.3) is 5.91 Å². The molecule has 1 amide bonds. The van der Waals surface area contributed by atoms with Gasteiger partial charge in [0.1, 0.15) is 5.58 Å². The van der Waals surface area contributed by atoms with Gasteiger partial charge in [-0.3, -0.25) is 9.59 Å². The summed E-state index contributed by atoms with van der Waals surface area (Å²) < 4.78 is 43.9. The van der Waals surface area contributed by atoms with Crippen LogP contribution in [-0.4, -0.2) is 5.91 Å². The molecule has 128 valence electrons. The average molecular weight is 368 g/mol. The van der Waals surface area contributed by atoms with Crippen molar-refractivity contribution in [1.29, 1.82) is 0 Å². The second-order valence-corrected chi connectivity index (χ2v) is 5.52. The van der Waals surface area contributed by atoms with E-state index in [0.717, 1.165) is 12.1 Å². The third-order valence-electron chi connectivity index (χ3n) is 3.39. The van der Waals surface area contributed by atoms with Crippen LogP contribution < -0.4 is 10.7 Å². The van der Waals surface area contributed by atoms with Crippen molar-refractivity contribution >= 4 is 34.2 Å². The molecule has 0 unspecified atom stereocenters. The summed E-state index contributed by atoms with van der Waals surface area (Å²) in [5, 5.41) is 2.07. The zero-order chi connectivity index (χ0) is 18.2. The van der Waals surface area contributed by atoms with Crippen molar-refractivity contribution in [2.75, 3.05) is 5.32 Å². The summed E-state index contributed by atoms with van der Waals surface area (Å²) in [5.74, 6) is -1.16. The molecule has 0 aliphatic heterocycles. The van der Waals surface area contributed by atoms with E-state index >= 15 is 0 Å². The predicted octanol–water partition coefficient (Wildman–Crippen LogP) is 4.72. The second kappa shape index (κ2) is 6.25. The molecule has 0 aliphatic rings. The van der Waals surface area contributed by atoms with Gasteiger partial charge in [0.2, 0.25) is 0 Å². The lowest BCUT2D eigenvalue weighted by Gasteiger charge is -2.11. The molecular formula is C17H9ClF3NO3. The molecule has 4 nitrogen and oxygen atoms in total. The maximum absolute atomic E-state index is 12.9. The topological polar surface area (TPSA) is 59.3 Å². The quantitative estimate of drug-likeness (QED) is 0.713. The highest BCUT2D eigenvalue weighted by molar-refractivity contribution is 6.31. The molecule has 0 saturated heterocycles. The van der Waals surface area contributed by atoms with Gasteiger partial charge in [-0.1, -0.05) is 23.7 Å². The number of carbonyl (C=O) groups excluding carboxylic acids is 1. The molecule has 2 aromatic carbocycles. The smallest absolute Gasteiger partial charge is 0.417 e. The van der Waals surface area contributed by atoms with Gasteiger partial charge in [-0.15, -0.1) is 0 Å². The summed E-state index contributed by atoms with van der Waals surface area (Å²) in [6.07, 6.45) is -4.66. The monoisotopic (exact) mass is 367 g/mol. The first kappa shape index (κ1) is 17.0. The Morgan fingerprint density at radius 2 is 1.80 bits per heavy atom. The Hall–Kier alpha value is -2.80. The van der Waals surface area contributed by atoms with Crippen LogP contribution in [0, 0.1) is 0 Å². The maximum Gasteiger partial charge on any atom is 0.417 e. The SMILES string of the molecule is O=C(Nc1ccc(Cl)c(C(F)(F)F)c1)c1cc(=O)c2ccccc2o1. The Kier molecular flexibility index (Phi) is 4.26. The number of fused-ring (bicyclic) bond motifs is 1. The molecule has 0 fully saturated rings. The molecule has 3 rings (SSSR count). The number of anilines is 1. The van der Waals surface area contributed by atoms with E-state index in [4.69, 9.17) is 16.0 Å². The number of para-hydroxylation sites is 1. The van der Waals surface area contributed by atoms with Gasteiger partial charge in [-0.05, 0) is 30.3 Å². The number of benzene rings is 2. The third kappa shape index (κ3) is 3.51. The lowest BCUT2D eigenvalue weighted by atomic mass is 10.2. The number of carbonyl (C=O) groups is 1. The number of alkyl halides is 3. The summed E-state index contributed by atoms with van der Waals surface area (Å²) in [6.45, 7) is 0. The van der Waals surface area contributed by atoms with Gasteiger partial charge >= 0.3 is 6.18 Å². The van der Waals surface area contributed by atoms with Crippen molar-refractivity contribution < 1.29 is 22.4 Å². The minimum atomic E-state index is -4.66. The van der Waals surface area contributed by atoms with E-state index in [9.17, 15) is 22.8 Å².